The number of fused-ring (bicyclic) bond motifs is 1. The molecule has 0 unspecified atom stereocenters. The Hall–Kier alpha value is -2.08. The van der Waals surface area contributed by atoms with Crippen molar-refractivity contribution < 1.29 is 14.6 Å². The maximum Gasteiger partial charge on any atom is 0.305 e. The normalized spacial score (nSPS) is 10.6. The molecular formula is C12H11ClN2O4. The minimum atomic E-state index is -1.01. The van der Waals surface area contributed by atoms with E-state index in [4.69, 9.17) is 21.4 Å². The van der Waals surface area contributed by atoms with Gasteiger partial charge in [0.2, 0.25) is 5.28 Å². The smallest absolute Gasteiger partial charge is 0.305 e. The van der Waals surface area contributed by atoms with E-state index >= 15 is 0 Å². The zero-order valence-electron chi connectivity index (χ0n) is 10.1. The topological polar surface area (TPSA) is 81.4 Å². The van der Waals surface area contributed by atoms with E-state index in [9.17, 15) is 9.59 Å². The van der Waals surface area contributed by atoms with Gasteiger partial charge in [-0.15, -0.1) is 0 Å². The van der Waals surface area contributed by atoms with E-state index in [1.807, 2.05) is 0 Å². The number of ether oxygens (including phenoxy) is 1. The quantitative estimate of drug-likeness (QED) is 0.860. The average Bonchev–Trinajstić information content (AvgIpc) is 2.37. The largest absolute Gasteiger partial charge is 0.494 e. The molecule has 0 aliphatic rings. The van der Waals surface area contributed by atoms with E-state index in [0.717, 1.165) is 4.57 Å². The first kappa shape index (κ1) is 13.4. The molecule has 0 spiro atoms. The van der Waals surface area contributed by atoms with Crippen molar-refractivity contribution in [1.82, 2.24) is 9.55 Å². The van der Waals surface area contributed by atoms with Crippen molar-refractivity contribution in [2.24, 2.45) is 0 Å². The second kappa shape index (κ2) is 5.27. The van der Waals surface area contributed by atoms with E-state index in [2.05, 4.69) is 4.98 Å². The number of halogens is 1. The Bertz CT molecular complexity index is 696. The van der Waals surface area contributed by atoms with Crippen LogP contribution in [0.3, 0.4) is 0 Å². The molecule has 7 heteroatoms. The molecule has 6 nitrogen and oxygen atoms in total. The van der Waals surface area contributed by atoms with E-state index < -0.39 is 5.97 Å². The summed E-state index contributed by atoms with van der Waals surface area (Å²) in [6.07, 6.45) is -0.198. The van der Waals surface area contributed by atoms with Crippen LogP contribution in [-0.2, 0) is 11.3 Å². The van der Waals surface area contributed by atoms with Gasteiger partial charge in [0.15, 0.2) is 0 Å². The van der Waals surface area contributed by atoms with E-state index in [1.165, 1.54) is 7.11 Å². The van der Waals surface area contributed by atoms with Crippen LogP contribution in [0.1, 0.15) is 6.42 Å². The van der Waals surface area contributed by atoms with Gasteiger partial charge in [-0.2, -0.15) is 0 Å². The fourth-order valence-electron chi connectivity index (χ4n) is 1.76. The van der Waals surface area contributed by atoms with Gasteiger partial charge in [0.05, 0.1) is 18.9 Å². The van der Waals surface area contributed by atoms with Crippen molar-refractivity contribution in [1.29, 1.82) is 0 Å². The number of nitrogens with zero attached hydrogens (tertiary/aromatic N) is 2. The maximum absolute atomic E-state index is 12.2. The van der Waals surface area contributed by atoms with Crippen molar-refractivity contribution in [2.45, 2.75) is 13.0 Å². The highest BCUT2D eigenvalue weighted by Crippen LogP contribution is 2.22. The molecule has 0 fully saturated rings. The van der Waals surface area contributed by atoms with Crippen molar-refractivity contribution in [2.75, 3.05) is 7.11 Å². The van der Waals surface area contributed by atoms with Gasteiger partial charge in [0.25, 0.3) is 5.56 Å². The fraction of sp³-hybridized carbons (Fsp3) is 0.250. The summed E-state index contributed by atoms with van der Waals surface area (Å²) in [5.41, 5.74) is -0.0123. The molecule has 2 rings (SSSR count). The molecule has 0 atom stereocenters. The van der Waals surface area contributed by atoms with Crippen LogP contribution in [0.15, 0.2) is 23.0 Å². The molecule has 0 aliphatic carbocycles. The summed E-state index contributed by atoms with van der Waals surface area (Å²) in [6.45, 7) is -0.0207. The Morgan fingerprint density at radius 1 is 1.53 bits per heavy atom. The molecule has 0 aliphatic heterocycles. The predicted molar refractivity (Wildman–Crippen MR) is 69.8 cm³/mol. The lowest BCUT2D eigenvalue weighted by atomic mass is 10.2. The van der Waals surface area contributed by atoms with Crippen LogP contribution in [0.25, 0.3) is 10.9 Å². The first-order valence-electron chi connectivity index (χ1n) is 5.49. The summed E-state index contributed by atoms with van der Waals surface area (Å²) in [6, 6.07) is 4.94. The highest BCUT2D eigenvalue weighted by atomic mass is 35.5. The minimum Gasteiger partial charge on any atom is -0.494 e. The predicted octanol–water partition coefficient (Wildman–Crippen LogP) is 1.53. The lowest BCUT2D eigenvalue weighted by Crippen LogP contribution is -2.23. The number of para-hydroxylation sites is 1. The Morgan fingerprint density at radius 2 is 2.26 bits per heavy atom. The summed E-state index contributed by atoms with van der Waals surface area (Å²) >= 11 is 5.92. The molecule has 1 aromatic carbocycles. The second-order valence-corrected chi connectivity index (χ2v) is 4.18. The zero-order chi connectivity index (χ0) is 14.0. The molecule has 1 heterocycles. The lowest BCUT2D eigenvalue weighted by Gasteiger charge is -2.09. The standard InChI is InChI=1S/C12H11ClN2O4/c1-19-8-4-2-3-7-10(8)14-12(13)15(11(7)18)6-5-9(16)17/h2-4H,5-6H2,1H3,(H,16,17). The van der Waals surface area contributed by atoms with E-state index in [0.29, 0.717) is 16.7 Å². The van der Waals surface area contributed by atoms with Crippen molar-refractivity contribution in [3.05, 3.63) is 33.8 Å². The Labute approximate surface area is 113 Å². The van der Waals surface area contributed by atoms with Gasteiger partial charge in [0, 0.05) is 6.54 Å². The molecule has 0 saturated heterocycles. The SMILES string of the molecule is COc1cccc2c(=O)n(CCC(=O)O)c(Cl)nc12. The van der Waals surface area contributed by atoms with Gasteiger partial charge >= 0.3 is 5.97 Å². The number of hydrogen-bond acceptors (Lipinski definition) is 4. The van der Waals surface area contributed by atoms with Crippen LogP contribution in [0, 0.1) is 0 Å². The number of carbonyl (C=O) groups is 1. The number of aromatic nitrogens is 2. The van der Waals surface area contributed by atoms with Gasteiger partial charge < -0.3 is 9.84 Å². The van der Waals surface area contributed by atoms with Crippen molar-refractivity contribution in [3.8, 4) is 5.75 Å². The van der Waals surface area contributed by atoms with Gasteiger partial charge in [-0.1, -0.05) is 6.07 Å². The summed E-state index contributed by atoms with van der Waals surface area (Å²) in [7, 11) is 1.47. The average molecular weight is 283 g/mol. The summed E-state index contributed by atoms with van der Waals surface area (Å²) in [5, 5.41) is 8.94. The van der Waals surface area contributed by atoms with Crippen LogP contribution < -0.4 is 10.3 Å². The first-order chi connectivity index (χ1) is 9.04. The van der Waals surface area contributed by atoms with Crippen LogP contribution >= 0.6 is 11.6 Å². The number of rotatable bonds is 4. The third-order valence-corrected chi connectivity index (χ3v) is 2.96. The highest BCUT2D eigenvalue weighted by Gasteiger charge is 2.13. The Morgan fingerprint density at radius 3 is 2.89 bits per heavy atom. The van der Waals surface area contributed by atoms with Crippen LogP contribution in [0.4, 0.5) is 0 Å². The van der Waals surface area contributed by atoms with E-state index in [-0.39, 0.29) is 23.8 Å². The molecule has 0 radical (unpaired) electrons. The molecular weight excluding hydrogens is 272 g/mol. The van der Waals surface area contributed by atoms with Crippen LogP contribution in [-0.4, -0.2) is 27.7 Å². The highest BCUT2D eigenvalue weighted by molar-refractivity contribution is 6.28. The van der Waals surface area contributed by atoms with Gasteiger partial charge in [-0.05, 0) is 23.7 Å². The molecule has 19 heavy (non-hydrogen) atoms. The zero-order valence-corrected chi connectivity index (χ0v) is 10.8. The number of carboxylic acids is 1. The molecule has 0 bridgehead atoms. The van der Waals surface area contributed by atoms with Gasteiger partial charge in [-0.25, -0.2) is 4.98 Å². The number of methoxy groups -OCH3 is 1. The maximum atomic E-state index is 12.2. The van der Waals surface area contributed by atoms with Gasteiger partial charge in [0.1, 0.15) is 11.3 Å². The molecule has 1 N–H and O–H groups in total. The number of carboxylic acid groups (broad SMARTS) is 1. The molecule has 100 valence electrons. The molecule has 2 aromatic rings. The first-order valence-corrected chi connectivity index (χ1v) is 5.87. The number of benzene rings is 1. The van der Waals surface area contributed by atoms with Crippen LogP contribution in [0.5, 0.6) is 5.75 Å². The van der Waals surface area contributed by atoms with Gasteiger partial charge in [-0.3, -0.25) is 14.2 Å². The Balaban J connectivity index is 2.62. The number of hydrogen-bond donors (Lipinski definition) is 1. The molecule has 1 aromatic heterocycles. The van der Waals surface area contributed by atoms with Crippen molar-refractivity contribution in [3.63, 3.8) is 0 Å². The molecule has 0 saturated carbocycles. The third-order valence-electron chi connectivity index (χ3n) is 2.67. The molecule has 0 amide bonds. The van der Waals surface area contributed by atoms with Crippen molar-refractivity contribution >= 4 is 28.5 Å². The summed E-state index contributed by atoms with van der Waals surface area (Å²) < 4.78 is 6.25. The Kier molecular flexibility index (Phi) is 3.71. The minimum absolute atomic E-state index is 0.0207. The number of aliphatic carboxylic acids is 1. The summed E-state index contributed by atoms with van der Waals surface area (Å²) in [5.74, 6) is -0.560. The lowest BCUT2D eigenvalue weighted by molar-refractivity contribution is -0.137. The monoisotopic (exact) mass is 282 g/mol. The van der Waals surface area contributed by atoms with Crippen LogP contribution in [0.2, 0.25) is 5.28 Å². The second-order valence-electron chi connectivity index (χ2n) is 3.84. The van der Waals surface area contributed by atoms with E-state index in [1.54, 1.807) is 18.2 Å². The summed E-state index contributed by atoms with van der Waals surface area (Å²) in [4.78, 5) is 26.9. The fourth-order valence-corrected chi connectivity index (χ4v) is 2.00. The third kappa shape index (κ3) is 2.53.